The van der Waals surface area contributed by atoms with Crippen molar-refractivity contribution in [1.82, 2.24) is 0 Å². The number of halogens is 3. The predicted octanol–water partition coefficient (Wildman–Crippen LogP) is 3.86. The second-order valence-electron chi connectivity index (χ2n) is 4.95. The first kappa shape index (κ1) is 16.7. The summed E-state index contributed by atoms with van der Waals surface area (Å²) in [4.78, 5) is 11.5. The maximum atomic E-state index is 13.8. The highest BCUT2D eigenvalue weighted by atomic mass is 79.9. The molecule has 21 heavy (non-hydrogen) atoms. The molecule has 1 fully saturated rings. The van der Waals surface area contributed by atoms with Crippen LogP contribution in [0.2, 0.25) is 0 Å². The second kappa shape index (κ2) is 6.62. The quantitative estimate of drug-likeness (QED) is 0.570. The summed E-state index contributed by atoms with van der Waals surface area (Å²) in [7, 11) is 1.16. The van der Waals surface area contributed by atoms with Gasteiger partial charge in [0, 0.05) is 15.2 Å². The average molecular weight is 400 g/mol. The smallest absolute Gasteiger partial charge is 0.341 e. The van der Waals surface area contributed by atoms with Crippen LogP contribution in [-0.4, -0.2) is 21.0 Å². The Kier molecular flexibility index (Phi) is 5.27. The van der Waals surface area contributed by atoms with Crippen LogP contribution in [0.15, 0.2) is 21.5 Å². The Bertz CT molecular complexity index is 656. The predicted molar refractivity (Wildman–Crippen MR) is 79.4 cm³/mol. The second-order valence-corrected chi connectivity index (χ2v) is 8.34. The lowest BCUT2D eigenvalue weighted by Gasteiger charge is -2.11. The van der Waals surface area contributed by atoms with Gasteiger partial charge in [-0.05, 0) is 46.8 Å². The molecule has 0 N–H and O–H groups in total. The third-order valence-electron chi connectivity index (χ3n) is 3.43. The van der Waals surface area contributed by atoms with Gasteiger partial charge in [-0.3, -0.25) is 0 Å². The van der Waals surface area contributed by atoms with E-state index in [0.717, 1.165) is 37.8 Å². The Morgan fingerprint density at radius 3 is 2.57 bits per heavy atom. The minimum Gasteiger partial charge on any atom is -0.462 e. The SMILES string of the molecule is O=C(OCC1CCCC1)c1cc(S(=O)(=O)Cl)c(Br)cc1F. The number of hydrogen-bond acceptors (Lipinski definition) is 4. The first-order valence-electron chi connectivity index (χ1n) is 6.40. The van der Waals surface area contributed by atoms with Crippen molar-refractivity contribution >= 4 is 41.6 Å². The summed E-state index contributed by atoms with van der Waals surface area (Å²) in [6.07, 6.45) is 4.17. The molecule has 1 aromatic carbocycles. The summed E-state index contributed by atoms with van der Waals surface area (Å²) in [5, 5.41) is 0. The van der Waals surface area contributed by atoms with Crippen molar-refractivity contribution in [1.29, 1.82) is 0 Å². The number of carbonyl (C=O) groups is 1. The molecule has 0 radical (unpaired) electrons. The molecule has 4 nitrogen and oxygen atoms in total. The zero-order chi connectivity index (χ0) is 15.6. The first-order valence-corrected chi connectivity index (χ1v) is 9.50. The van der Waals surface area contributed by atoms with Crippen LogP contribution in [0.1, 0.15) is 36.0 Å². The van der Waals surface area contributed by atoms with E-state index < -0.39 is 26.4 Å². The number of hydrogen-bond donors (Lipinski definition) is 0. The summed E-state index contributed by atoms with van der Waals surface area (Å²) in [5.41, 5.74) is -0.435. The Labute approximate surface area is 135 Å². The van der Waals surface area contributed by atoms with Crippen molar-refractivity contribution in [3.05, 3.63) is 28.0 Å². The van der Waals surface area contributed by atoms with Gasteiger partial charge in [0.05, 0.1) is 17.1 Å². The largest absolute Gasteiger partial charge is 0.462 e. The van der Waals surface area contributed by atoms with Crippen molar-refractivity contribution in [2.24, 2.45) is 5.92 Å². The van der Waals surface area contributed by atoms with E-state index in [0.29, 0.717) is 5.92 Å². The number of carbonyl (C=O) groups excluding carboxylic acids is 1. The lowest BCUT2D eigenvalue weighted by atomic mass is 10.1. The van der Waals surface area contributed by atoms with Crippen LogP contribution in [-0.2, 0) is 13.8 Å². The van der Waals surface area contributed by atoms with Crippen LogP contribution in [0, 0.1) is 11.7 Å². The van der Waals surface area contributed by atoms with E-state index in [2.05, 4.69) is 15.9 Å². The van der Waals surface area contributed by atoms with Gasteiger partial charge in [0.1, 0.15) is 5.82 Å². The molecule has 0 heterocycles. The molecule has 0 saturated heterocycles. The van der Waals surface area contributed by atoms with E-state index in [1.807, 2.05) is 0 Å². The van der Waals surface area contributed by atoms with E-state index in [1.54, 1.807) is 0 Å². The zero-order valence-corrected chi connectivity index (χ0v) is 14.1. The van der Waals surface area contributed by atoms with E-state index in [9.17, 15) is 17.6 Å². The molecule has 0 amide bonds. The van der Waals surface area contributed by atoms with E-state index in [-0.39, 0.29) is 16.0 Å². The molecule has 8 heteroatoms. The maximum Gasteiger partial charge on any atom is 0.341 e. The average Bonchev–Trinajstić information content (AvgIpc) is 2.87. The Hall–Kier alpha value is -0.660. The van der Waals surface area contributed by atoms with Crippen LogP contribution in [0.3, 0.4) is 0 Å². The topological polar surface area (TPSA) is 60.4 Å². The lowest BCUT2D eigenvalue weighted by molar-refractivity contribution is 0.0437. The third kappa shape index (κ3) is 4.17. The molecule has 0 unspecified atom stereocenters. The van der Waals surface area contributed by atoms with Crippen molar-refractivity contribution in [2.45, 2.75) is 30.6 Å². The lowest BCUT2D eigenvalue weighted by Crippen LogP contribution is -2.14. The van der Waals surface area contributed by atoms with E-state index in [1.165, 1.54) is 0 Å². The number of rotatable bonds is 4. The van der Waals surface area contributed by atoms with Crippen LogP contribution in [0.5, 0.6) is 0 Å². The van der Waals surface area contributed by atoms with Crippen molar-refractivity contribution in [2.75, 3.05) is 6.61 Å². The molecule has 0 aromatic heterocycles. The van der Waals surface area contributed by atoms with Gasteiger partial charge in [0.2, 0.25) is 0 Å². The van der Waals surface area contributed by atoms with Crippen LogP contribution in [0.4, 0.5) is 4.39 Å². The maximum absolute atomic E-state index is 13.8. The number of benzene rings is 1. The Morgan fingerprint density at radius 2 is 2.00 bits per heavy atom. The Balaban J connectivity index is 2.20. The molecule has 1 aliphatic carbocycles. The van der Waals surface area contributed by atoms with Gasteiger partial charge in [-0.1, -0.05) is 12.8 Å². The van der Waals surface area contributed by atoms with Crippen LogP contribution in [0.25, 0.3) is 0 Å². The van der Waals surface area contributed by atoms with Crippen molar-refractivity contribution < 1.29 is 22.3 Å². The summed E-state index contributed by atoms with van der Waals surface area (Å²) in [6, 6.07) is 1.78. The normalized spacial score (nSPS) is 16.1. The van der Waals surface area contributed by atoms with Crippen molar-refractivity contribution in [3.8, 4) is 0 Å². The number of ether oxygens (including phenoxy) is 1. The van der Waals surface area contributed by atoms with Crippen LogP contribution < -0.4 is 0 Å². The van der Waals surface area contributed by atoms with Crippen LogP contribution >= 0.6 is 26.6 Å². The highest BCUT2D eigenvalue weighted by Gasteiger charge is 2.23. The minimum atomic E-state index is -4.09. The summed E-state index contributed by atoms with van der Waals surface area (Å²) in [6.45, 7) is 0.220. The molecular formula is C13H13BrClFO4S. The molecule has 1 aliphatic rings. The van der Waals surface area contributed by atoms with Gasteiger partial charge in [0.25, 0.3) is 9.05 Å². The fourth-order valence-corrected chi connectivity index (χ4v) is 4.49. The molecule has 0 atom stereocenters. The van der Waals surface area contributed by atoms with E-state index in [4.69, 9.17) is 15.4 Å². The molecule has 0 bridgehead atoms. The molecule has 0 aliphatic heterocycles. The van der Waals surface area contributed by atoms with Gasteiger partial charge in [0.15, 0.2) is 0 Å². The van der Waals surface area contributed by atoms with E-state index >= 15 is 0 Å². The van der Waals surface area contributed by atoms with Gasteiger partial charge < -0.3 is 4.74 Å². The highest BCUT2D eigenvalue weighted by Crippen LogP contribution is 2.29. The minimum absolute atomic E-state index is 0.0395. The molecule has 1 aromatic rings. The highest BCUT2D eigenvalue weighted by molar-refractivity contribution is 9.10. The number of esters is 1. The summed E-state index contributed by atoms with van der Waals surface area (Å²) in [5.74, 6) is -1.44. The molecular weight excluding hydrogens is 387 g/mol. The fourth-order valence-electron chi connectivity index (χ4n) is 2.32. The first-order chi connectivity index (χ1) is 9.79. The monoisotopic (exact) mass is 398 g/mol. The van der Waals surface area contributed by atoms with Gasteiger partial charge in [-0.2, -0.15) is 0 Å². The summed E-state index contributed by atoms with van der Waals surface area (Å²) >= 11 is 2.90. The van der Waals surface area contributed by atoms with Gasteiger partial charge >= 0.3 is 5.97 Å². The van der Waals surface area contributed by atoms with Gasteiger partial charge in [-0.25, -0.2) is 17.6 Å². The standard InChI is InChI=1S/C13H13BrClFO4S/c14-10-6-11(16)9(5-12(10)21(15,18)19)13(17)20-7-8-3-1-2-4-8/h5-6,8H,1-4,7H2. The fraction of sp³-hybridized carbons (Fsp3) is 0.462. The molecule has 116 valence electrons. The van der Waals surface area contributed by atoms with Gasteiger partial charge in [-0.15, -0.1) is 0 Å². The summed E-state index contributed by atoms with van der Waals surface area (Å²) < 4.78 is 41.6. The molecule has 1 saturated carbocycles. The molecule has 0 spiro atoms. The third-order valence-corrected chi connectivity index (χ3v) is 5.71. The Morgan fingerprint density at radius 1 is 1.38 bits per heavy atom. The zero-order valence-electron chi connectivity index (χ0n) is 10.9. The van der Waals surface area contributed by atoms with Crippen molar-refractivity contribution in [3.63, 3.8) is 0 Å². The molecule has 2 rings (SSSR count).